The molecule has 1 saturated heterocycles. The highest BCUT2D eigenvalue weighted by Gasteiger charge is 2.56. The van der Waals surface area contributed by atoms with E-state index in [0.29, 0.717) is 5.54 Å². The zero-order chi connectivity index (χ0) is 18.8. The third kappa shape index (κ3) is 2.93. The Kier molecular flexibility index (Phi) is 4.16. The molecule has 5 aliphatic rings. The van der Waals surface area contributed by atoms with Crippen molar-refractivity contribution in [3.8, 4) is 0 Å². The van der Waals surface area contributed by atoms with Crippen LogP contribution in [0, 0.1) is 38.5 Å². The van der Waals surface area contributed by atoms with E-state index in [-0.39, 0.29) is 11.9 Å². The van der Waals surface area contributed by atoms with Crippen molar-refractivity contribution in [2.75, 3.05) is 11.9 Å². The standard InChI is InChI=1S/C24H34N2O/c1-15-7-16(2)22(17(3)8-15)25-23(27)21-5-4-6-26(21)24-12-18-9-19(13-24)11-20(10-18)14-24/h7-8,18-21H,4-6,9-14H2,1-3H3,(H,25,27)/t18?,19?,20?,21-,24?/m0/s1. The predicted octanol–water partition coefficient (Wildman–Crippen LogP) is 4.98. The number of benzene rings is 1. The van der Waals surface area contributed by atoms with Gasteiger partial charge in [0.25, 0.3) is 0 Å². The van der Waals surface area contributed by atoms with Crippen molar-refractivity contribution >= 4 is 11.6 Å². The average molecular weight is 367 g/mol. The normalized spacial score (nSPS) is 37.7. The van der Waals surface area contributed by atoms with Gasteiger partial charge in [-0.15, -0.1) is 0 Å². The molecule has 3 heteroatoms. The Bertz CT molecular complexity index is 709. The minimum absolute atomic E-state index is 0.0707. The summed E-state index contributed by atoms with van der Waals surface area (Å²) in [6.45, 7) is 7.47. The summed E-state index contributed by atoms with van der Waals surface area (Å²) in [6.07, 6.45) is 10.6. The van der Waals surface area contributed by atoms with Gasteiger partial charge in [-0.3, -0.25) is 9.69 Å². The van der Waals surface area contributed by atoms with Crippen LogP contribution in [-0.4, -0.2) is 28.9 Å². The lowest BCUT2D eigenvalue weighted by Gasteiger charge is -2.60. The second kappa shape index (κ2) is 6.34. The van der Waals surface area contributed by atoms with E-state index in [1.54, 1.807) is 0 Å². The van der Waals surface area contributed by atoms with Gasteiger partial charge in [0.05, 0.1) is 6.04 Å². The van der Waals surface area contributed by atoms with Gasteiger partial charge < -0.3 is 5.32 Å². The molecule has 1 atom stereocenters. The summed E-state index contributed by atoms with van der Waals surface area (Å²) in [6, 6.07) is 4.42. The highest BCUT2D eigenvalue weighted by Crippen LogP contribution is 2.58. The van der Waals surface area contributed by atoms with Crippen LogP contribution in [0.25, 0.3) is 0 Å². The lowest BCUT2D eigenvalue weighted by molar-refractivity contribution is -0.131. The summed E-state index contributed by atoms with van der Waals surface area (Å²) in [5.41, 5.74) is 4.99. The molecular weight excluding hydrogens is 332 g/mol. The van der Waals surface area contributed by atoms with Crippen LogP contribution in [0.2, 0.25) is 0 Å². The van der Waals surface area contributed by atoms with Crippen molar-refractivity contribution in [3.63, 3.8) is 0 Å². The number of hydrogen-bond acceptors (Lipinski definition) is 2. The summed E-state index contributed by atoms with van der Waals surface area (Å²) < 4.78 is 0. The Morgan fingerprint density at radius 2 is 1.56 bits per heavy atom. The smallest absolute Gasteiger partial charge is 0.241 e. The molecule has 1 aromatic rings. The first-order chi connectivity index (χ1) is 12.9. The number of rotatable bonds is 3. The molecule has 3 nitrogen and oxygen atoms in total. The van der Waals surface area contributed by atoms with Crippen molar-refractivity contribution in [3.05, 3.63) is 28.8 Å². The van der Waals surface area contributed by atoms with E-state index in [2.05, 4.69) is 43.1 Å². The molecule has 5 fully saturated rings. The Morgan fingerprint density at radius 3 is 2.11 bits per heavy atom. The van der Waals surface area contributed by atoms with Gasteiger partial charge in [0.2, 0.25) is 5.91 Å². The fourth-order valence-corrected chi connectivity index (χ4v) is 7.61. The van der Waals surface area contributed by atoms with Gasteiger partial charge >= 0.3 is 0 Å². The molecular formula is C24H34N2O. The number of anilines is 1. The minimum Gasteiger partial charge on any atom is -0.324 e. The van der Waals surface area contributed by atoms with Crippen LogP contribution in [0.15, 0.2) is 12.1 Å². The SMILES string of the molecule is Cc1cc(C)c(NC(=O)[C@@H]2CCCN2C23CC4CC(CC(C4)C2)C3)c(C)c1. The van der Waals surface area contributed by atoms with Gasteiger partial charge in [-0.05, 0) is 108 Å². The molecule has 0 unspecified atom stereocenters. The number of aryl methyl sites for hydroxylation is 3. The summed E-state index contributed by atoms with van der Waals surface area (Å²) >= 11 is 0. The van der Waals surface area contributed by atoms with Crippen molar-refractivity contribution in [1.29, 1.82) is 0 Å². The molecule has 1 aromatic carbocycles. The van der Waals surface area contributed by atoms with Gasteiger partial charge in [-0.2, -0.15) is 0 Å². The van der Waals surface area contributed by atoms with E-state index >= 15 is 0 Å². The molecule has 4 bridgehead atoms. The number of carbonyl (C=O) groups excluding carboxylic acids is 1. The first kappa shape index (κ1) is 17.7. The number of carbonyl (C=O) groups is 1. The first-order valence-corrected chi connectivity index (χ1v) is 11.1. The van der Waals surface area contributed by atoms with Crippen molar-refractivity contribution in [2.24, 2.45) is 17.8 Å². The third-order valence-electron chi connectivity index (χ3n) is 8.10. The lowest BCUT2D eigenvalue weighted by Crippen LogP contribution is -2.62. The predicted molar refractivity (Wildman–Crippen MR) is 110 cm³/mol. The molecule has 27 heavy (non-hydrogen) atoms. The minimum atomic E-state index is 0.0707. The zero-order valence-corrected chi connectivity index (χ0v) is 17.2. The fourth-order valence-electron chi connectivity index (χ4n) is 7.61. The Balaban J connectivity index is 1.38. The van der Waals surface area contributed by atoms with Crippen molar-refractivity contribution in [2.45, 2.75) is 83.7 Å². The monoisotopic (exact) mass is 366 g/mol. The van der Waals surface area contributed by atoms with Gasteiger partial charge in [0, 0.05) is 11.2 Å². The van der Waals surface area contributed by atoms with Crippen LogP contribution in [0.4, 0.5) is 5.69 Å². The number of nitrogens with zero attached hydrogens (tertiary/aromatic N) is 1. The van der Waals surface area contributed by atoms with E-state index < -0.39 is 0 Å². The molecule has 0 spiro atoms. The highest BCUT2D eigenvalue weighted by atomic mass is 16.2. The number of amides is 1. The molecule has 4 aliphatic carbocycles. The van der Waals surface area contributed by atoms with Gasteiger partial charge in [-0.25, -0.2) is 0 Å². The summed E-state index contributed by atoms with van der Waals surface area (Å²) in [5, 5.41) is 3.33. The maximum Gasteiger partial charge on any atom is 0.241 e. The number of likely N-dealkylation sites (tertiary alicyclic amines) is 1. The van der Waals surface area contributed by atoms with Gasteiger partial charge in [-0.1, -0.05) is 17.7 Å². The summed E-state index contributed by atoms with van der Waals surface area (Å²) in [7, 11) is 0. The largest absolute Gasteiger partial charge is 0.324 e. The zero-order valence-electron chi connectivity index (χ0n) is 17.2. The second-order valence-corrected chi connectivity index (χ2v) is 10.3. The van der Waals surface area contributed by atoms with Crippen molar-refractivity contribution < 1.29 is 4.79 Å². The van der Waals surface area contributed by atoms with Crippen LogP contribution in [-0.2, 0) is 4.79 Å². The maximum atomic E-state index is 13.4. The van der Waals surface area contributed by atoms with E-state index in [4.69, 9.17) is 0 Å². The quantitative estimate of drug-likeness (QED) is 0.818. The lowest BCUT2D eigenvalue weighted by atomic mass is 9.52. The topological polar surface area (TPSA) is 32.3 Å². The van der Waals surface area contributed by atoms with Crippen LogP contribution in [0.3, 0.4) is 0 Å². The van der Waals surface area contributed by atoms with E-state index in [1.165, 1.54) is 61.6 Å². The third-order valence-corrected chi connectivity index (χ3v) is 8.10. The van der Waals surface area contributed by atoms with Crippen LogP contribution in [0.5, 0.6) is 0 Å². The molecule has 4 saturated carbocycles. The molecule has 1 amide bonds. The van der Waals surface area contributed by atoms with Crippen LogP contribution in [0.1, 0.15) is 68.1 Å². The van der Waals surface area contributed by atoms with Crippen LogP contribution >= 0.6 is 0 Å². The van der Waals surface area contributed by atoms with Crippen molar-refractivity contribution in [1.82, 2.24) is 4.90 Å². The Morgan fingerprint density at radius 1 is 1.00 bits per heavy atom. The number of hydrogen-bond donors (Lipinski definition) is 1. The molecule has 6 rings (SSSR count). The molecule has 1 N–H and O–H groups in total. The number of nitrogens with one attached hydrogen (secondary N) is 1. The summed E-state index contributed by atoms with van der Waals surface area (Å²) in [4.78, 5) is 16.0. The molecule has 0 radical (unpaired) electrons. The first-order valence-electron chi connectivity index (χ1n) is 11.1. The second-order valence-electron chi connectivity index (χ2n) is 10.3. The Hall–Kier alpha value is -1.35. The maximum absolute atomic E-state index is 13.4. The molecule has 1 aliphatic heterocycles. The van der Waals surface area contributed by atoms with E-state index in [1.807, 2.05) is 0 Å². The molecule has 146 valence electrons. The Labute approximate surface area is 163 Å². The van der Waals surface area contributed by atoms with Crippen LogP contribution < -0.4 is 5.32 Å². The van der Waals surface area contributed by atoms with Gasteiger partial charge in [0.15, 0.2) is 0 Å². The highest BCUT2D eigenvalue weighted by molar-refractivity contribution is 5.96. The van der Waals surface area contributed by atoms with E-state index in [9.17, 15) is 4.79 Å². The summed E-state index contributed by atoms with van der Waals surface area (Å²) in [5.74, 6) is 3.03. The van der Waals surface area contributed by atoms with Gasteiger partial charge in [0.1, 0.15) is 0 Å². The average Bonchev–Trinajstić information content (AvgIpc) is 3.07. The van der Waals surface area contributed by atoms with E-state index in [0.717, 1.165) is 36.4 Å². The molecule has 0 aromatic heterocycles. The fraction of sp³-hybridized carbons (Fsp3) is 0.708. The molecule has 1 heterocycles.